The van der Waals surface area contributed by atoms with Gasteiger partial charge in [0.15, 0.2) is 5.78 Å². The average Bonchev–Trinajstić information content (AvgIpc) is 3.05. The third-order valence-corrected chi connectivity index (χ3v) is 3.48. The molecule has 2 aliphatic rings. The lowest BCUT2D eigenvalue weighted by atomic mass is 10.0. The van der Waals surface area contributed by atoms with Crippen LogP contribution in [0.15, 0.2) is 18.2 Å². The van der Waals surface area contributed by atoms with Crippen LogP contribution in [0.4, 0.5) is 0 Å². The highest BCUT2D eigenvalue weighted by Gasteiger charge is 2.64. The van der Waals surface area contributed by atoms with Crippen LogP contribution in [-0.4, -0.2) is 24.5 Å². The molecule has 1 aromatic carbocycles. The molecule has 1 heterocycles. The largest absolute Gasteiger partial charge is 0.488 e. The first-order valence-corrected chi connectivity index (χ1v) is 6.11. The van der Waals surface area contributed by atoms with E-state index < -0.39 is 5.92 Å². The summed E-state index contributed by atoms with van der Waals surface area (Å²) in [6.07, 6.45) is -0.327. The first kappa shape index (κ1) is 11.3. The summed E-state index contributed by atoms with van der Waals surface area (Å²) >= 11 is 0. The summed E-state index contributed by atoms with van der Waals surface area (Å²) < 4.78 is 10.6. The highest BCUT2D eigenvalue weighted by Crippen LogP contribution is 2.50. The zero-order valence-corrected chi connectivity index (χ0v) is 10.3. The molecule has 1 fully saturated rings. The van der Waals surface area contributed by atoms with E-state index in [-0.39, 0.29) is 23.8 Å². The van der Waals surface area contributed by atoms with E-state index >= 15 is 0 Å². The number of carbonyl (C=O) groups excluding carboxylic acids is 2. The Hall–Kier alpha value is -1.84. The number of hydrogen-bond donors (Lipinski definition) is 0. The second kappa shape index (κ2) is 3.83. The van der Waals surface area contributed by atoms with Crippen molar-refractivity contribution >= 4 is 11.8 Å². The molecule has 0 aromatic heterocycles. The molecule has 0 bridgehead atoms. The molecule has 0 amide bonds. The predicted octanol–water partition coefficient (Wildman–Crippen LogP) is 1.75. The van der Waals surface area contributed by atoms with Gasteiger partial charge in [-0.2, -0.15) is 0 Å². The molecule has 1 aliphatic heterocycles. The minimum Gasteiger partial charge on any atom is -0.488 e. The fourth-order valence-electron chi connectivity index (χ4n) is 2.53. The van der Waals surface area contributed by atoms with E-state index in [4.69, 9.17) is 9.47 Å². The number of ketones is 1. The number of hydrogen-bond acceptors (Lipinski definition) is 4. The quantitative estimate of drug-likeness (QED) is 0.746. The van der Waals surface area contributed by atoms with E-state index in [0.29, 0.717) is 17.9 Å². The second-order valence-corrected chi connectivity index (χ2v) is 4.75. The maximum absolute atomic E-state index is 12.2. The second-order valence-electron chi connectivity index (χ2n) is 4.75. The van der Waals surface area contributed by atoms with Gasteiger partial charge in [-0.1, -0.05) is 11.6 Å². The molecule has 1 aliphatic carbocycles. The van der Waals surface area contributed by atoms with Gasteiger partial charge >= 0.3 is 5.97 Å². The molecule has 3 rings (SSSR count). The van der Waals surface area contributed by atoms with Crippen LogP contribution >= 0.6 is 0 Å². The molecule has 1 saturated carbocycles. The summed E-state index contributed by atoms with van der Waals surface area (Å²) in [4.78, 5) is 23.9. The monoisotopic (exact) mass is 246 g/mol. The molecule has 3 atom stereocenters. The van der Waals surface area contributed by atoms with Crippen LogP contribution in [0.3, 0.4) is 0 Å². The van der Waals surface area contributed by atoms with Gasteiger partial charge in [0.25, 0.3) is 0 Å². The number of aryl methyl sites for hydroxylation is 1. The van der Waals surface area contributed by atoms with Crippen LogP contribution in [0.5, 0.6) is 5.75 Å². The van der Waals surface area contributed by atoms with Crippen LogP contribution in [0.1, 0.15) is 22.8 Å². The van der Waals surface area contributed by atoms with E-state index in [0.717, 1.165) is 5.56 Å². The molecule has 0 unspecified atom stereocenters. The fraction of sp³-hybridized carbons (Fsp3) is 0.429. The standard InChI is InChI=1S/C14H14O4/c1-3-17-14(16)11-10-12(15)8-6-7(2)4-5-9(8)18-13(10)11/h4-6,10-11,13H,3H2,1-2H3/t10-,11+,13+/m0/s1. The van der Waals surface area contributed by atoms with Crippen molar-refractivity contribution in [1.29, 1.82) is 0 Å². The third kappa shape index (κ3) is 1.52. The van der Waals surface area contributed by atoms with Gasteiger partial charge in [-0.25, -0.2) is 0 Å². The number of benzene rings is 1. The van der Waals surface area contributed by atoms with E-state index in [1.165, 1.54) is 0 Å². The lowest BCUT2D eigenvalue weighted by Crippen LogP contribution is -2.17. The van der Waals surface area contributed by atoms with Gasteiger partial charge < -0.3 is 9.47 Å². The lowest BCUT2D eigenvalue weighted by Gasteiger charge is -2.15. The minimum absolute atomic E-state index is 0.00278. The van der Waals surface area contributed by atoms with Crippen molar-refractivity contribution < 1.29 is 19.1 Å². The molecule has 0 radical (unpaired) electrons. The van der Waals surface area contributed by atoms with Gasteiger partial charge in [-0.3, -0.25) is 9.59 Å². The Morgan fingerprint density at radius 3 is 2.94 bits per heavy atom. The van der Waals surface area contributed by atoms with Gasteiger partial charge in [-0.05, 0) is 26.0 Å². The van der Waals surface area contributed by atoms with E-state index in [1.807, 2.05) is 19.1 Å². The molecule has 94 valence electrons. The molecule has 18 heavy (non-hydrogen) atoms. The molecule has 4 nitrogen and oxygen atoms in total. The highest BCUT2D eigenvalue weighted by atomic mass is 16.5. The Kier molecular flexibility index (Phi) is 2.40. The van der Waals surface area contributed by atoms with Gasteiger partial charge in [0.2, 0.25) is 0 Å². The molecule has 0 N–H and O–H groups in total. The SMILES string of the molecule is CCOC(=O)[C@H]1[C@@H]2Oc3ccc(C)cc3C(=O)[C@@H]21. The van der Waals surface area contributed by atoms with Crippen molar-refractivity contribution in [2.75, 3.05) is 6.61 Å². The Labute approximate surface area is 105 Å². The normalized spacial score (nSPS) is 27.9. The van der Waals surface area contributed by atoms with Gasteiger partial charge in [0.05, 0.1) is 18.1 Å². The maximum Gasteiger partial charge on any atom is 0.313 e. The van der Waals surface area contributed by atoms with Crippen molar-refractivity contribution in [1.82, 2.24) is 0 Å². The van der Waals surface area contributed by atoms with Crippen molar-refractivity contribution in [2.45, 2.75) is 20.0 Å². The predicted molar refractivity (Wildman–Crippen MR) is 63.5 cm³/mol. The van der Waals surface area contributed by atoms with Crippen molar-refractivity contribution in [3.8, 4) is 5.75 Å². The summed E-state index contributed by atoms with van der Waals surface area (Å²) in [6, 6.07) is 5.50. The van der Waals surface area contributed by atoms with Gasteiger partial charge in [0.1, 0.15) is 17.8 Å². The molecular weight excluding hydrogens is 232 g/mol. The minimum atomic E-state index is -0.426. The topological polar surface area (TPSA) is 52.6 Å². The van der Waals surface area contributed by atoms with E-state index in [2.05, 4.69) is 0 Å². The first-order chi connectivity index (χ1) is 8.63. The van der Waals surface area contributed by atoms with Crippen molar-refractivity contribution in [3.05, 3.63) is 29.3 Å². The zero-order valence-electron chi connectivity index (χ0n) is 10.3. The number of Topliss-reactive ketones (excluding diaryl/α,β-unsaturated/α-hetero) is 1. The van der Waals surface area contributed by atoms with Gasteiger partial charge in [0, 0.05) is 0 Å². The number of esters is 1. The Morgan fingerprint density at radius 2 is 2.22 bits per heavy atom. The van der Waals surface area contributed by atoms with Gasteiger partial charge in [-0.15, -0.1) is 0 Å². The van der Waals surface area contributed by atoms with Crippen LogP contribution in [0, 0.1) is 18.8 Å². The Bertz CT molecular complexity index is 535. The van der Waals surface area contributed by atoms with Crippen LogP contribution in [0.25, 0.3) is 0 Å². The molecule has 1 aromatic rings. The number of carbonyl (C=O) groups is 2. The Balaban J connectivity index is 1.88. The molecule has 0 saturated heterocycles. The Morgan fingerprint density at radius 1 is 1.44 bits per heavy atom. The summed E-state index contributed by atoms with van der Waals surface area (Å²) in [5, 5.41) is 0. The summed E-state index contributed by atoms with van der Waals surface area (Å²) in [5.41, 5.74) is 1.60. The van der Waals surface area contributed by atoms with Crippen LogP contribution < -0.4 is 4.74 Å². The third-order valence-electron chi connectivity index (χ3n) is 3.48. The summed E-state index contributed by atoms with van der Waals surface area (Å²) in [6.45, 7) is 4.01. The summed E-state index contributed by atoms with van der Waals surface area (Å²) in [7, 11) is 0. The lowest BCUT2D eigenvalue weighted by molar-refractivity contribution is -0.145. The van der Waals surface area contributed by atoms with E-state index in [1.54, 1.807) is 13.0 Å². The number of ether oxygens (including phenoxy) is 2. The fourth-order valence-corrected chi connectivity index (χ4v) is 2.53. The number of fused-ring (bicyclic) bond motifs is 2. The van der Waals surface area contributed by atoms with Crippen LogP contribution in [0.2, 0.25) is 0 Å². The van der Waals surface area contributed by atoms with Crippen LogP contribution in [-0.2, 0) is 9.53 Å². The summed E-state index contributed by atoms with van der Waals surface area (Å²) in [5.74, 6) is -0.518. The molecule has 4 heteroatoms. The number of rotatable bonds is 2. The zero-order chi connectivity index (χ0) is 12.9. The van der Waals surface area contributed by atoms with Crippen molar-refractivity contribution in [2.24, 2.45) is 11.8 Å². The van der Waals surface area contributed by atoms with E-state index in [9.17, 15) is 9.59 Å². The highest BCUT2D eigenvalue weighted by molar-refractivity contribution is 6.07. The maximum atomic E-state index is 12.2. The molecule has 0 spiro atoms. The molecular formula is C14H14O4. The average molecular weight is 246 g/mol. The first-order valence-electron chi connectivity index (χ1n) is 6.11. The smallest absolute Gasteiger partial charge is 0.313 e. The van der Waals surface area contributed by atoms with Crippen molar-refractivity contribution in [3.63, 3.8) is 0 Å².